The van der Waals surface area contributed by atoms with Gasteiger partial charge in [0, 0.05) is 12.0 Å². The smallest absolute Gasteiger partial charge is 0.508 e. The van der Waals surface area contributed by atoms with Gasteiger partial charge in [-0.15, -0.1) is 0 Å². The molecule has 3 rings (SSSR count). The molecule has 0 aliphatic carbocycles. The van der Waals surface area contributed by atoms with Gasteiger partial charge in [-0.3, -0.25) is 0 Å². The second-order valence-corrected chi connectivity index (χ2v) is 9.12. The minimum absolute atomic E-state index is 0.243. The van der Waals surface area contributed by atoms with Crippen molar-refractivity contribution >= 4 is 47.1 Å². The monoisotopic (exact) mass is 438 g/mol. The Bertz CT molecular complexity index is 712. The van der Waals surface area contributed by atoms with Gasteiger partial charge in [-0.2, -0.15) is 0 Å². The maximum Gasteiger partial charge on any atom is 0.508 e. The van der Waals surface area contributed by atoms with E-state index in [-0.39, 0.29) is 12.0 Å². The van der Waals surface area contributed by atoms with Crippen LogP contribution in [0.3, 0.4) is 0 Å². The van der Waals surface area contributed by atoms with Gasteiger partial charge in [0.15, 0.2) is 0 Å². The Balaban J connectivity index is 1.82. The molecular formula is C17H16Cl3FNO5-. The number of fused-ring (bicyclic) bond motifs is 2. The summed E-state index contributed by atoms with van der Waals surface area (Å²) in [5.74, 6) is -0.715. The van der Waals surface area contributed by atoms with Gasteiger partial charge in [0.1, 0.15) is 24.6 Å². The molecule has 2 bridgehead atoms. The molecule has 27 heavy (non-hydrogen) atoms. The molecule has 0 saturated carbocycles. The predicted molar refractivity (Wildman–Crippen MR) is 94.3 cm³/mol. The molecule has 2 aliphatic rings. The van der Waals surface area contributed by atoms with Crippen LogP contribution in [0.5, 0.6) is 0 Å². The molecule has 2 heterocycles. The Kier molecular flexibility index (Phi) is 5.93. The summed E-state index contributed by atoms with van der Waals surface area (Å²) in [5.41, 5.74) is 0.741. The Morgan fingerprint density at radius 1 is 1.22 bits per heavy atom. The summed E-state index contributed by atoms with van der Waals surface area (Å²) in [4.78, 5) is 24.8. The van der Waals surface area contributed by atoms with Crippen molar-refractivity contribution in [1.29, 1.82) is 0 Å². The number of rotatable bonds is 3. The average molecular weight is 440 g/mol. The number of nitrogens with zero attached hydrogens (tertiary/aromatic N) is 1. The number of halogens is 4. The van der Waals surface area contributed by atoms with Gasteiger partial charge in [-0.25, -0.2) is 9.18 Å². The fraction of sp³-hybridized carbons (Fsp3) is 0.529. The van der Waals surface area contributed by atoms with Gasteiger partial charge < -0.3 is 24.3 Å². The minimum Gasteiger partial charge on any atom is -0.530 e. The van der Waals surface area contributed by atoms with Crippen LogP contribution in [0.25, 0.3) is 0 Å². The quantitative estimate of drug-likeness (QED) is 0.533. The molecule has 148 valence electrons. The van der Waals surface area contributed by atoms with E-state index in [1.54, 1.807) is 12.1 Å². The van der Waals surface area contributed by atoms with E-state index in [9.17, 15) is 19.1 Å². The number of hydrogen-bond acceptors (Lipinski definition) is 5. The van der Waals surface area contributed by atoms with Crippen LogP contribution in [-0.2, 0) is 9.47 Å². The summed E-state index contributed by atoms with van der Waals surface area (Å²) in [7, 11) is 0. The largest absolute Gasteiger partial charge is 0.530 e. The lowest BCUT2D eigenvalue weighted by atomic mass is 9.82. The van der Waals surface area contributed by atoms with Crippen LogP contribution < -0.4 is 5.11 Å². The first-order chi connectivity index (χ1) is 12.7. The number of amides is 1. The van der Waals surface area contributed by atoms with Gasteiger partial charge in [0.05, 0.1) is 6.04 Å². The third-order valence-corrected chi connectivity index (χ3v) is 5.27. The van der Waals surface area contributed by atoms with E-state index < -0.39 is 40.6 Å². The number of hydrogen-bond donors (Lipinski definition) is 0. The highest BCUT2D eigenvalue weighted by atomic mass is 35.6. The average Bonchev–Trinajstić information content (AvgIpc) is 2.92. The summed E-state index contributed by atoms with van der Waals surface area (Å²) < 4.78 is 21.7. The van der Waals surface area contributed by atoms with Crippen LogP contribution in [0.4, 0.5) is 14.0 Å². The van der Waals surface area contributed by atoms with E-state index in [0.717, 1.165) is 5.56 Å². The molecule has 6 nitrogen and oxygen atoms in total. The van der Waals surface area contributed by atoms with Gasteiger partial charge in [0.2, 0.25) is 3.79 Å². The maximum atomic E-state index is 13.3. The van der Waals surface area contributed by atoms with Crippen molar-refractivity contribution < 1.29 is 28.6 Å². The Labute approximate surface area is 170 Å². The first-order valence-electron chi connectivity index (χ1n) is 8.30. The van der Waals surface area contributed by atoms with Crippen molar-refractivity contribution in [3.8, 4) is 0 Å². The summed E-state index contributed by atoms with van der Waals surface area (Å²) in [6.45, 7) is -0.512. The van der Waals surface area contributed by atoms with E-state index in [1.807, 2.05) is 0 Å². The molecule has 1 amide bonds. The molecule has 10 heteroatoms. The molecule has 1 aromatic carbocycles. The lowest BCUT2D eigenvalue weighted by Gasteiger charge is -2.45. The SMILES string of the molecule is O=C(OCC(Cl)(Cl)Cl)OC1C(c2ccc(F)cc2)CC2CCC1N2C(=O)[O-]. The highest BCUT2D eigenvalue weighted by molar-refractivity contribution is 6.67. The number of ether oxygens (including phenoxy) is 2. The second-order valence-electron chi connectivity index (χ2n) is 6.60. The number of carbonyl (C=O) groups excluding carboxylic acids is 2. The van der Waals surface area contributed by atoms with Gasteiger partial charge >= 0.3 is 6.16 Å². The lowest BCUT2D eigenvalue weighted by molar-refractivity contribution is -0.272. The zero-order valence-electron chi connectivity index (χ0n) is 13.9. The van der Waals surface area contributed by atoms with Crippen molar-refractivity contribution in [2.45, 2.75) is 47.2 Å². The Morgan fingerprint density at radius 3 is 2.48 bits per heavy atom. The van der Waals surface area contributed by atoms with Crippen LogP contribution in [0.15, 0.2) is 24.3 Å². The number of piperidine rings is 1. The Morgan fingerprint density at radius 2 is 1.89 bits per heavy atom. The lowest BCUT2D eigenvalue weighted by Crippen LogP contribution is -2.58. The fourth-order valence-electron chi connectivity index (χ4n) is 3.93. The van der Waals surface area contributed by atoms with E-state index in [2.05, 4.69) is 0 Å². The maximum absolute atomic E-state index is 13.3. The van der Waals surface area contributed by atoms with E-state index in [4.69, 9.17) is 44.3 Å². The van der Waals surface area contributed by atoms with Crippen molar-refractivity contribution in [2.24, 2.45) is 0 Å². The van der Waals surface area contributed by atoms with Crippen LogP contribution in [0, 0.1) is 5.82 Å². The molecule has 2 saturated heterocycles. The second kappa shape index (κ2) is 7.89. The minimum atomic E-state index is -1.79. The fourth-order valence-corrected chi connectivity index (χ4v) is 4.09. The van der Waals surface area contributed by atoms with Crippen LogP contribution in [0.2, 0.25) is 0 Å². The highest BCUT2D eigenvalue weighted by Crippen LogP contribution is 2.44. The van der Waals surface area contributed by atoms with Gasteiger partial charge in [-0.1, -0.05) is 46.9 Å². The van der Waals surface area contributed by atoms with Crippen LogP contribution >= 0.6 is 34.8 Å². The first-order valence-corrected chi connectivity index (χ1v) is 9.44. The molecule has 4 unspecified atom stereocenters. The number of carbonyl (C=O) groups is 2. The summed E-state index contributed by atoms with van der Waals surface area (Å²) in [6, 6.07) is 4.98. The van der Waals surface area contributed by atoms with E-state index in [0.29, 0.717) is 19.3 Å². The van der Waals surface area contributed by atoms with Crippen molar-refractivity contribution in [1.82, 2.24) is 4.90 Å². The van der Waals surface area contributed by atoms with E-state index >= 15 is 0 Å². The third kappa shape index (κ3) is 4.70. The molecule has 0 aromatic heterocycles. The predicted octanol–water partition coefficient (Wildman–Crippen LogP) is 3.38. The van der Waals surface area contributed by atoms with Crippen molar-refractivity contribution in [3.05, 3.63) is 35.6 Å². The zero-order valence-corrected chi connectivity index (χ0v) is 16.2. The third-order valence-electron chi connectivity index (χ3n) is 4.94. The number of alkyl halides is 3. The zero-order chi connectivity index (χ0) is 19.8. The van der Waals surface area contributed by atoms with Crippen LogP contribution in [0.1, 0.15) is 30.7 Å². The highest BCUT2D eigenvalue weighted by Gasteiger charge is 2.50. The van der Waals surface area contributed by atoms with Crippen LogP contribution in [-0.4, -0.2) is 45.7 Å². The number of carboxylic acid groups (broad SMARTS) is 1. The molecule has 0 radical (unpaired) electrons. The van der Waals surface area contributed by atoms with E-state index in [1.165, 1.54) is 17.0 Å². The molecule has 2 fully saturated rings. The van der Waals surface area contributed by atoms with Crippen molar-refractivity contribution in [2.75, 3.05) is 6.61 Å². The van der Waals surface area contributed by atoms with Crippen molar-refractivity contribution in [3.63, 3.8) is 0 Å². The normalized spacial score (nSPS) is 27.3. The summed E-state index contributed by atoms with van der Waals surface area (Å²) >= 11 is 16.7. The van der Waals surface area contributed by atoms with Gasteiger partial charge in [-0.05, 0) is 37.0 Å². The summed E-state index contributed by atoms with van der Waals surface area (Å²) in [6.07, 6.45) is -1.66. The molecule has 2 aliphatic heterocycles. The van der Waals surface area contributed by atoms with Gasteiger partial charge in [0.25, 0.3) is 0 Å². The molecule has 0 N–H and O–H groups in total. The topological polar surface area (TPSA) is 78.9 Å². The molecule has 4 atom stereocenters. The summed E-state index contributed by atoms with van der Waals surface area (Å²) in [5, 5.41) is 11.5. The first kappa shape index (κ1) is 20.3. The number of benzene rings is 1. The molecular weight excluding hydrogens is 424 g/mol. The molecule has 1 aromatic rings. The standard InChI is InChI=1S/C17H17Cl3FNO5/c18-17(19,20)8-26-16(25)27-14-12(9-1-3-10(21)4-2-9)7-11-5-6-13(14)22(11)15(23)24/h1-4,11-14H,5-8H2,(H,23,24)/p-1. The molecule has 0 spiro atoms. The Hall–Kier alpha value is -1.44.